The molecule has 0 bridgehead atoms. The second-order valence-corrected chi connectivity index (χ2v) is 5.28. The summed E-state index contributed by atoms with van der Waals surface area (Å²) in [6, 6.07) is 8.70. The minimum Gasteiger partial charge on any atom is -0.349 e. The molecule has 1 aromatic carbocycles. The van der Waals surface area contributed by atoms with Gasteiger partial charge in [-0.25, -0.2) is 0 Å². The van der Waals surface area contributed by atoms with E-state index in [1.807, 2.05) is 18.7 Å². The summed E-state index contributed by atoms with van der Waals surface area (Å²) < 4.78 is 1.89. The Balaban J connectivity index is 1.93. The lowest BCUT2D eigenvalue weighted by Gasteiger charge is -2.22. The van der Waals surface area contributed by atoms with E-state index in [0.29, 0.717) is 6.54 Å². The van der Waals surface area contributed by atoms with Crippen molar-refractivity contribution in [3.05, 3.63) is 47.5 Å². The van der Waals surface area contributed by atoms with E-state index in [4.69, 9.17) is 0 Å². The third-order valence-electron chi connectivity index (χ3n) is 3.63. The third kappa shape index (κ3) is 4.07. The quantitative estimate of drug-likeness (QED) is 0.673. The third-order valence-corrected chi connectivity index (χ3v) is 3.63. The van der Waals surface area contributed by atoms with E-state index in [9.17, 15) is 0 Å². The van der Waals surface area contributed by atoms with Crippen LogP contribution in [0.2, 0.25) is 0 Å². The molecule has 118 valence electrons. The second-order valence-electron chi connectivity index (χ2n) is 5.28. The van der Waals surface area contributed by atoms with Crippen LogP contribution in [0.1, 0.15) is 23.9 Å². The Morgan fingerprint density at radius 3 is 2.50 bits per heavy atom. The molecule has 0 fully saturated rings. The van der Waals surface area contributed by atoms with Gasteiger partial charge >= 0.3 is 0 Å². The number of rotatable bonds is 5. The molecule has 0 atom stereocenters. The van der Waals surface area contributed by atoms with Crippen molar-refractivity contribution in [3.8, 4) is 0 Å². The summed E-state index contributed by atoms with van der Waals surface area (Å²) in [4.78, 5) is 6.42. The Kier molecular flexibility index (Phi) is 5.52. The lowest BCUT2D eigenvalue weighted by atomic mass is 10.1. The van der Waals surface area contributed by atoms with Crippen molar-refractivity contribution in [2.75, 3.05) is 14.1 Å². The lowest BCUT2D eigenvalue weighted by molar-refractivity contribution is 0.474. The molecule has 0 radical (unpaired) electrons. The molecule has 22 heavy (non-hydrogen) atoms. The first-order valence-electron chi connectivity index (χ1n) is 7.46. The molecular weight excluding hydrogens is 276 g/mol. The van der Waals surface area contributed by atoms with Gasteiger partial charge in [0.25, 0.3) is 0 Å². The number of benzene rings is 1. The maximum atomic E-state index is 4.32. The van der Waals surface area contributed by atoms with Gasteiger partial charge in [0.15, 0.2) is 11.8 Å². The van der Waals surface area contributed by atoms with Crippen LogP contribution in [0.15, 0.2) is 35.6 Å². The minimum absolute atomic E-state index is 0.599. The van der Waals surface area contributed by atoms with Crippen LogP contribution in [0.5, 0.6) is 0 Å². The first-order chi connectivity index (χ1) is 10.6. The number of nitrogens with one attached hydrogen (secondary N) is 1. The van der Waals surface area contributed by atoms with Crippen LogP contribution in [0.25, 0.3) is 0 Å². The van der Waals surface area contributed by atoms with Crippen LogP contribution in [0.3, 0.4) is 0 Å². The van der Waals surface area contributed by atoms with Crippen LogP contribution in [0, 0.1) is 0 Å². The summed E-state index contributed by atoms with van der Waals surface area (Å²) in [5.74, 6) is 1.71. The number of hydrogen-bond acceptors (Lipinski definition) is 3. The van der Waals surface area contributed by atoms with E-state index in [1.165, 1.54) is 11.1 Å². The normalized spacial score (nSPS) is 11.5. The van der Waals surface area contributed by atoms with Gasteiger partial charge in [-0.2, -0.15) is 0 Å². The number of nitrogens with zero attached hydrogens (tertiary/aromatic N) is 5. The maximum Gasteiger partial charge on any atom is 0.194 e. The zero-order chi connectivity index (χ0) is 15.9. The maximum absolute atomic E-state index is 4.32. The van der Waals surface area contributed by atoms with Crippen molar-refractivity contribution in [2.45, 2.75) is 26.4 Å². The fourth-order valence-electron chi connectivity index (χ4n) is 2.24. The molecule has 0 amide bonds. The van der Waals surface area contributed by atoms with E-state index in [1.54, 1.807) is 13.4 Å². The van der Waals surface area contributed by atoms with E-state index in [2.05, 4.69) is 56.6 Å². The molecule has 0 aliphatic heterocycles. The highest BCUT2D eigenvalue weighted by atomic mass is 15.3. The van der Waals surface area contributed by atoms with E-state index in [-0.39, 0.29) is 0 Å². The van der Waals surface area contributed by atoms with Gasteiger partial charge in [-0.1, -0.05) is 31.2 Å². The predicted molar refractivity (Wildman–Crippen MR) is 88.5 cm³/mol. The molecule has 2 aromatic rings. The van der Waals surface area contributed by atoms with Gasteiger partial charge in [0, 0.05) is 27.7 Å². The monoisotopic (exact) mass is 300 g/mol. The van der Waals surface area contributed by atoms with Gasteiger partial charge in [0.05, 0.1) is 6.54 Å². The van der Waals surface area contributed by atoms with E-state index < -0.39 is 0 Å². The van der Waals surface area contributed by atoms with Crippen LogP contribution in [-0.4, -0.2) is 39.7 Å². The number of aliphatic imine (C=N–C) groups is 1. The second kappa shape index (κ2) is 7.59. The van der Waals surface area contributed by atoms with Crippen molar-refractivity contribution in [3.63, 3.8) is 0 Å². The molecular formula is C16H24N6. The van der Waals surface area contributed by atoms with Gasteiger partial charge in [-0.3, -0.25) is 4.99 Å². The molecule has 6 nitrogen and oxygen atoms in total. The summed E-state index contributed by atoms with van der Waals surface area (Å²) in [7, 11) is 5.74. The molecule has 6 heteroatoms. The molecule has 2 rings (SSSR count). The molecule has 0 aliphatic rings. The molecule has 1 N–H and O–H groups in total. The van der Waals surface area contributed by atoms with Crippen molar-refractivity contribution < 1.29 is 0 Å². The molecule has 0 unspecified atom stereocenters. The first-order valence-corrected chi connectivity index (χ1v) is 7.46. The average molecular weight is 300 g/mol. The molecule has 0 aliphatic carbocycles. The van der Waals surface area contributed by atoms with E-state index >= 15 is 0 Å². The van der Waals surface area contributed by atoms with Gasteiger partial charge < -0.3 is 14.8 Å². The highest BCUT2D eigenvalue weighted by Crippen LogP contribution is 2.07. The lowest BCUT2D eigenvalue weighted by Crippen LogP contribution is -2.38. The first kappa shape index (κ1) is 16.0. The van der Waals surface area contributed by atoms with E-state index in [0.717, 1.165) is 24.7 Å². The topological polar surface area (TPSA) is 58.3 Å². The number of guanidine groups is 1. The van der Waals surface area contributed by atoms with Crippen LogP contribution in [-0.2, 0) is 26.6 Å². The van der Waals surface area contributed by atoms with Gasteiger partial charge in [-0.15, -0.1) is 10.2 Å². The molecule has 1 aromatic heterocycles. The zero-order valence-corrected chi connectivity index (χ0v) is 13.7. The van der Waals surface area contributed by atoms with Crippen LogP contribution in [0.4, 0.5) is 0 Å². The summed E-state index contributed by atoms with van der Waals surface area (Å²) in [6.45, 7) is 3.57. The van der Waals surface area contributed by atoms with Crippen molar-refractivity contribution in [2.24, 2.45) is 12.0 Å². The minimum atomic E-state index is 0.599. The van der Waals surface area contributed by atoms with Gasteiger partial charge in [-0.05, 0) is 17.5 Å². The largest absolute Gasteiger partial charge is 0.349 e. The Labute approximate surface area is 131 Å². The molecule has 0 saturated heterocycles. The fourth-order valence-corrected chi connectivity index (χ4v) is 2.24. The summed E-state index contributed by atoms with van der Waals surface area (Å²) in [5, 5.41) is 11.2. The van der Waals surface area contributed by atoms with Crippen molar-refractivity contribution in [1.82, 2.24) is 25.0 Å². The van der Waals surface area contributed by atoms with Crippen LogP contribution < -0.4 is 5.32 Å². The molecule has 1 heterocycles. The highest BCUT2D eigenvalue weighted by molar-refractivity contribution is 5.79. The van der Waals surface area contributed by atoms with Crippen molar-refractivity contribution >= 4 is 5.96 Å². The molecule has 0 spiro atoms. The fraction of sp³-hybridized carbons (Fsp3) is 0.438. The predicted octanol–water partition coefficient (Wildman–Crippen LogP) is 1.58. The Bertz CT molecular complexity index is 614. The Morgan fingerprint density at radius 1 is 1.27 bits per heavy atom. The smallest absolute Gasteiger partial charge is 0.194 e. The highest BCUT2D eigenvalue weighted by Gasteiger charge is 2.08. The van der Waals surface area contributed by atoms with Gasteiger partial charge in [0.1, 0.15) is 6.33 Å². The SMILES string of the molecule is CCc1ccc(CN(C)C(=NC)NCc2nncn2C)cc1. The summed E-state index contributed by atoms with van der Waals surface area (Å²) >= 11 is 0. The number of aromatic nitrogens is 3. The van der Waals surface area contributed by atoms with Gasteiger partial charge in [0.2, 0.25) is 0 Å². The average Bonchev–Trinajstić information content (AvgIpc) is 2.94. The molecule has 0 saturated carbocycles. The van der Waals surface area contributed by atoms with Crippen LogP contribution >= 0.6 is 0 Å². The number of hydrogen-bond donors (Lipinski definition) is 1. The standard InChI is InChI=1S/C16H24N6/c1-5-13-6-8-14(9-7-13)11-21(3)16(17-2)18-10-15-20-19-12-22(15)4/h6-9,12H,5,10-11H2,1-4H3,(H,17,18). The number of aryl methyl sites for hydroxylation is 2. The Hall–Kier alpha value is -2.37. The summed E-state index contributed by atoms with van der Waals surface area (Å²) in [6.07, 6.45) is 2.76. The summed E-state index contributed by atoms with van der Waals surface area (Å²) in [5.41, 5.74) is 2.62. The zero-order valence-electron chi connectivity index (χ0n) is 13.7. The Morgan fingerprint density at radius 2 is 1.95 bits per heavy atom. The van der Waals surface area contributed by atoms with Crippen molar-refractivity contribution in [1.29, 1.82) is 0 Å².